The average Bonchev–Trinajstić information content (AvgIpc) is 2.31. The molecule has 1 saturated carbocycles. The predicted molar refractivity (Wildman–Crippen MR) is 85.1 cm³/mol. The van der Waals surface area contributed by atoms with Gasteiger partial charge >= 0.3 is 0 Å². The molecule has 0 heterocycles. The Bertz CT molecular complexity index is 249. The monoisotopic (exact) mass is 271 g/mol. The van der Waals surface area contributed by atoms with E-state index in [9.17, 15) is 0 Å². The summed E-state index contributed by atoms with van der Waals surface area (Å²) in [5, 5.41) is 1.40. The molecule has 0 bridgehead atoms. The summed E-state index contributed by atoms with van der Waals surface area (Å²) in [4.78, 5) is 0. The normalized spacial score (nSPS) is 31.7. The van der Waals surface area contributed by atoms with Gasteiger partial charge in [-0.25, -0.2) is 0 Å². The average molecular weight is 272 g/mol. The first-order chi connectivity index (χ1) is 8.27. The van der Waals surface area contributed by atoms with E-state index in [1.54, 1.807) is 0 Å². The zero-order valence-corrected chi connectivity index (χ0v) is 14.0. The molecule has 18 heavy (non-hydrogen) atoms. The highest BCUT2D eigenvalue weighted by Crippen LogP contribution is 2.44. The van der Waals surface area contributed by atoms with Gasteiger partial charge in [0.15, 0.2) is 0 Å². The van der Waals surface area contributed by atoms with Gasteiger partial charge in [0, 0.05) is 16.5 Å². The van der Waals surface area contributed by atoms with E-state index in [0.29, 0.717) is 16.7 Å². The van der Waals surface area contributed by atoms with E-state index >= 15 is 0 Å². The molecule has 4 atom stereocenters. The number of rotatable bonds is 5. The van der Waals surface area contributed by atoms with Gasteiger partial charge in [0.1, 0.15) is 0 Å². The van der Waals surface area contributed by atoms with Crippen molar-refractivity contribution in [3.05, 3.63) is 0 Å². The minimum absolute atomic E-state index is 0.417. The molecular formula is C16H33NS. The Balaban J connectivity index is 2.62. The van der Waals surface area contributed by atoms with Crippen molar-refractivity contribution >= 4 is 11.8 Å². The molecule has 108 valence electrons. The molecule has 0 radical (unpaired) electrons. The van der Waals surface area contributed by atoms with Crippen molar-refractivity contribution in [3.8, 4) is 0 Å². The van der Waals surface area contributed by atoms with Crippen molar-refractivity contribution < 1.29 is 0 Å². The molecule has 0 aromatic rings. The highest BCUT2D eigenvalue weighted by atomic mass is 32.2. The molecule has 2 N–H and O–H groups in total. The van der Waals surface area contributed by atoms with Gasteiger partial charge in [0.25, 0.3) is 0 Å². The zero-order chi connectivity index (χ0) is 13.9. The lowest BCUT2D eigenvalue weighted by atomic mass is 9.69. The zero-order valence-electron chi connectivity index (χ0n) is 13.2. The van der Waals surface area contributed by atoms with Crippen LogP contribution in [0.2, 0.25) is 0 Å². The molecule has 1 fully saturated rings. The van der Waals surface area contributed by atoms with Gasteiger partial charge < -0.3 is 5.73 Å². The Morgan fingerprint density at radius 3 is 2.33 bits per heavy atom. The van der Waals surface area contributed by atoms with Gasteiger partial charge in [-0.3, -0.25) is 0 Å². The van der Waals surface area contributed by atoms with E-state index in [-0.39, 0.29) is 0 Å². The Morgan fingerprint density at radius 2 is 1.83 bits per heavy atom. The van der Waals surface area contributed by atoms with Crippen molar-refractivity contribution in [2.75, 3.05) is 0 Å². The second-order valence-corrected chi connectivity index (χ2v) is 8.76. The maximum Gasteiger partial charge on any atom is 0.0204 e. The Kier molecular flexibility index (Phi) is 6.05. The van der Waals surface area contributed by atoms with Crippen LogP contribution in [0.4, 0.5) is 0 Å². The summed E-state index contributed by atoms with van der Waals surface area (Å²) in [7, 11) is 0. The fourth-order valence-corrected chi connectivity index (χ4v) is 4.29. The van der Waals surface area contributed by atoms with Crippen LogP contribution < -0.4 is 5.73 Å². The lowest BCUT2D eigenvalue weighted by Crippen LogP contribution is -2.43. The van der Waals surface area contributed by atoms with E-state index < -0.39 is 0 Å². The van der Waals surface area contributed by atoms with Crippen LogP contribution in [0, 0.1) is 17.3 Å². The quantitative estimate of drug-likeness (QED) is 0.784. The van der Waals surface area contributed by atoms with Gasteiger partial charge in [-0.2, -0.15) is 11.8 Å². The van der Waals surface area contributed by atoms with Crippen molar-refractivity contribution in [1.29, 1.82) is 0 Å². The van der Waals surface area contributed by atoms with Crippen molar-refractivity contribution in [2.24, 2.45) is 23.0 Å². The SMILES string of the molecule is CCC(C)(C)C1CCC(N)C(SC(C)C(C)C)C1. The maximum atomic E-state index is 6.35. The number of hydrogen-bond donors (Lipinski definition) is 1. The fraction of sp³-hybridized carbons (Fsp3) is 1.00. The lowest BCUT2D eigenvalue weighted by molar-refractivity contribution is 0.148. The van der Waals surface area contributed by atoms with Crippen molar-refractivity contribution in [3.63, 3.8) is 0 Å². The molecule has 0 saturated heterocycles. The minimum atomic E-state index is 0.417. The predicted octanol–water partition coefficient (Wildman–Crippen LogP) is 4.70. The van der Waals surface area contributed by atoms with Gasteiger partial charge in [0.05, 0.1) is 0 Å². The van der Waals surface area contributed by atoms with Crippen molar-refractivity contribution in [1.82, 2.24) is 0 Å². The molecular weight excluding hydrogens is 238 g/mol. The molecule has 4 unspecified atom stereocenters. The third-order valence-electron chi connectivity index (χ3n) is 5.19. The first-order valence-corrected chi connectivity index (χ1v) is 8.63. The molecule has 0 spiro atoms. The van der Waals surface area contributed by atoms with E-state index in [0.717, 1.165) is 17.1 Å². The topological polar surface area (TPSA) is 26.0 Å². The van der Waals surface area contributed by atoms with Crippen LogP contribution in [0.15, 0.2) is 0 Å². The molecule has 1 nitrogen and oxygen atoms in total. The molecule has 0 aromatic heterocycles. The highest BCUT2D eigenvalue weighted by Gasteiger charge is 2.36. The van der Waals surface area contributed by atoms with Gasteiger partial charge in [-0.05, 0) is 36.5 Å². The van der Waals surface area contributed by atoms with Crippen LogP contribution in [-0.2, 0) is 0 Å². The summed E-state index contributed by atoms with van der Waals surface area (Å²) in [6.45, 7) is 14.2. The number of nitrogens with two attached hydrogens (primary N) is 1. The minimum Gasteiger partial charge on any atom is -0.327 e. The van der Waals surface area contributed by atoms with Crippen LogP contribution in [-0.4, -0.2) is 16.5 Å². The smallest absolute Gasteiger partial charge is 0.0204 e. The molecule has 1 aliphatic carbocycles. The third kappa shape index (κ3) is 4.16. The second-order valence-electron chi connectivity index (χ2n) is 7.14. The summed E-state index contributed by atoms with van der Waals surface area (Å²) in [6.07, 6.45) is 5.15. The molecule has 0 amide bonds. The van der Waals surface area contributed by atoms with E-state index in [1.807, 2.05) is 0 Å². The second kappa shape index (κ2) is 6.65. The maximum absolute atomic E-state index is 6.35. The summed E-state index contributed by atoms with van der Waals surface area (Å²) < 4.78 is 0. The first-order valence-electron chi connectivity index (χ1n) is 7.69. The van der Waals surface area contributed by atoms with E-state index in [4.69, 9.17) is 5.73 Å². The first kappa shape index (κ1) is 16.4. The molecule has 1 aliphatic rings. The van der Waals surface area contributed by atoms with Crippen molar-refractivity contribution in [2.45, 2.75) is 83.8 Å². The van der Waals surface area contributed by atoms with Gasteiger partial charge in [-0.1, -0.05) is 48.0 Å². The molecule has 1 rings (SSSR count). The Hall–Kier alpha value is 0.310. The number of hydrogen-bond acceptors (Lipinski definition) is 2. The fourth-order valence-electron chi connectivity index (χ4n) is 2.74. The molecule has 0 aliphatic heterocycles. The standard InChI is InChI=1S/C16H33NS/c1-7-16(5,6)13-8-9-14(17)15(10-13)18-12(4)11(2)3/h11-15H,7-10,17H2,1-6H3. The van der Waals surface area contributed by atoms with Crippen LogP contribution in [0.3, 0.4) is 0 Å². The lowest BCUT2D eigenvalue weighted by Gasteiger charge is -2.42. The van der Waals surface area contributed by atoms with Crippen LogP contribution in [0.25, 0.3) is 0 Å². The Morgan fingerprint density at radius 1 is 1.22 bits per heavy atom. The van der Waals surface area contributed by atoms with E-state index in [1.165, 1.54) is 25.7 Å². The van der Waals surface area contributed by atoms with Gasteiger partial charge in [0.2, 0.25) is 0 Å². The van der Waals surface area contributed by atoms with Crippen LogP contribution in [0.1, 0.15) is 67.2 Å². The highest BCUT2D eigenvalue weighted by molar-refractivity contribution is 8.00. The van der Waals surface area contributed by atoms with Crippen LogP contribution >= 0.6 is 11.8 Å². The third-order valence-corrected chi connectivity index (χ3v) is 7.05. The summed E-state index contributed by atoms with van der Waals surface area (Å²) in [5.74, 6) is 1.61. The van der Waals surface area contributed by atoms with Gasteiger partial charge in [-0.15, -0.1) is 0 Å². The Labute approximate surface area is 119 Å². The number of thioether (sulfide) groups is 1. The summed E-state index contributed by atoms with van der Waals surface area (Å²) >= 11 is 2.14. The molecule has 2 heteroatoms. The van der Waals surface area contributed by atoms with E-state index in [2.05, 4.69) is 53.3 Å². The summed E-state index contributed by atoms with van der Waals surface area (Å²) in [5.41, 5.74) is 6.84. The largest absolute Gasteiger partial charge is 0.327 e. The molecule has 0 aromatic carbocycles. The van der Waals surface area contributed by atoms with Crippen LogP contribution in [0.5, 0.6) is 0 Å². The summed E-state index contributed by atoms with van der Waals surface area (Å²) in [6, 6.07) is 0.417.